The lowest BCUT2D eigenvalue weighted by Crippen LogP contribution is -2.44. The molecule has 1 heterocycles. The summed E-state index contributed by atoms with van der Waals surface area (Å²) in [5.41, 5.74) is 3.80. The van der Waals surface area contributed by atoms with E-state index in [0.717, 1.165) is 29.8 Å². The fraction of sp³-hybridized carbons (Fsp3) is 0.323. The standard InChI is InChI=1S/C31H33N3O3/c1-21(2)34-16-14-31(20-32,15-17-34)28-19-27(12-13-29(28)37-4)33-30(36)24-10-8-23(9-11-24)26-7-5-6-25(18-26)22(3)35/h5-13,18-19,21H,14-17H2,1-4H3,(H,33,36). The van der Waals surface area contributed by atoms with Gasteiger partial charge in [-0.2, -0.15) is 5.26 Å². The van der Waals surface area contributed by atoms with E-state index in [4.69, 9.17) is 4.74 Å². The third-order valence-corrected chi connectivity index (χ3v) is 7.32. The number of hydrogen-bond acceptors (Lipinski definition) is 5. The number of ether oxygens (including phenoxy) is 1. The summed E-state index contributed by atoms with van der Waals surface area (Å²) in [6, 6.07) is 23.3. The number of ketones is 1. The minimum absolute atomic E-state index is 0.0142. The molecular formula is C31H33N3O3. The molecule has 1 aliphatic heterocycles. The van der Waals surface area contributed by atoms with Gasteiger partial charge in [-0.05, 0) is 81.1 Å². The maximum Gasteiger partial charge on any atom is 0.255 e. The number of nitrogens with zero attached hydrogens (tertiary/aromatic N) is 2. The molecule has 6 nitrogen and oxygen atoms in total. The van der Waals surface area contributed by atoms with Gasteiger partial charge >= 0.3 is 0 Å². The highest BCUT2D eigenvalue weighted by Crippen LogP contribution is 2.41. The molecule has 1 saturated heterocycles. The molecule has 0 bridgehead atoms. The summed E-state index contributed by atoms with van der Waals surface area (Å²) < 4.78 is 5.62. The van der Waals surface area contributed by atoms with Crippen molar-refractivity contribution < 1.29 is 14.3 Å². The first-order valence-corrected chi connectivity index (χ1v) is 12.6. The molecule has 1 amide bonds. The number of nitrogens with one attached hydrogen (secondary N) is 1. The van der Waals surface area contributed by atoms with E-state index >= 15 is 0 Å². The summed E-state index contributed by atoms with van der Waals surface area (Å²) in [5, 5.41) is 13.2. The molecule has 0 unspecified atom stereocenters. The van der Waals surface area contributed by atoms with Crippen molar-refractivity contribution in [1.29, 1.82) is 5.26 Å². The second-order valence-corrected chi connectivity index (χ2v) is 9.91. The summed E-state index contributed by atoms with van der Waals surface area (Å²) in [6.45, 7) is 7.57. The summed E-state index contributed by atoms with van der Waals surface area (Å²) in [5.74, 6) is 0.441. The number of hydrogen-bond donors (Lipinski definition) is 1. The SMILES string of the molecule is COc1ccc(NC(=O)c2ccc(-c3cccc(C(C)=O)c3)cc2)cc1C1(C#N)CCN(C(C)C)CC1. The van der Waals surface area contributed by atoms with E-state index in [1.165, 1.54) is 0 Å². The zero-order chi connectivity index (χ0) is 26.6. The Hall–Kier alpha value is -3.95. The van der Waals surface area contributed by atoms with Gasteiger partial charge in [-0.3, -0.25) is 9.59 Å². The first-order chi connectivity index (χ1) is 17.8. The number of carbonyl (C=O) groups is 2. The molecule has 0 aliphatic carbocycles. The van der Waals surface area contributed by atoms with Crippen LogP contribution in [0.3, 0.4) is 0 Å². The zero-order valence-electron chi connectivity index (χ0n) is 21.9. The predicted octanol–water partition coefficient (Wildman–Crippen LogP) is 6.08. The van der Waals surface area contributed by atoms with Crippen molar-refractivity contribution in [3.05, 3.63) is 83.4 Å². The van der Waals surface area contributed by atoms with Crippen molar-refractivity contribution in [2.24, 2.45) is 0 Å². The third-order valence-electron chi connectivity index (χ3n) is 7.32. The van der Waals surface area contributed by atoms with Gasteiger partial charge in [0.25, 0.3) is 5.91 Å². The van der Waals surface area contributed by atoms with Crippen LogP contribution >= 0.6 is 0 Å². The number of likely N-dealkylation sites (tertiary alicyclic amines) is 1. The normalized spacial score (nSPS) is 15.1. The van der Waals surface area contributed by atoms with E-state index in [1.807, 2.05) is 42.5 Å². The Morgan fingerprint density at radius 1 is 0.973 bits per heavy atom. The minimum atomic E-state index is -0.659. The van der Waals surface area contributed by atoms with Gasteiger partial charge in [-0.25, -0.2) is 0 Å². The Kier molecular flexibility index (Phi) is 7.75. The molecule has 4 rings (SSSR count). The molecular weight excluding hydrogens is 462 g/mol. The van der Waals surface area contributed by atoms with Crippen LogP contribution in [0.1, 0.15) is 59.9 Å². The van der Waals surface area contributed by atoms with Gasteiger partial charge in [0.05, 0.1) is 18.6 Å². The molecule has 0 spiro atoms. The van der Waals surface area contributed by atoms with Crippen LogP contribution in [0, 0.1) is 11.3 Å². The fourth-order valence-electron chi connectivity index (χ4n) is 4.96. The average molecular weight is 496 g/mol. The third kappa shape index (κ3) is 5.58. The predicted molar refractivity (Wildman–Crippen MR) is 146 cm³/mol. The van der Waals surface area contributed by atoms with Crippen LogP contribution in [0.15, 0.2) is 66.7 Å². The van der Waals surface area contributed by atoms with E-state index in [1.54, 1.807) is 38.3 Å². The highest BCUT2D eigenvalue weighted by atomic mass is 16.5. The molecule has 37 heavy (non-hydrogen) atoms. The van der Waals surface area contributed by atoms with E-state index < -0.39 is 5.41 Å². The van der Waals surface area contributed by atoms with Gasteiger partial charge < -0.3 is 15.0 Å². The van der Waals surface area contributed by atoms with Crippen LogP contribution in [0.4, 0.5) is 5.69 Å². The van der Waals surface area contributed by atoms with Crippen LogP contribution in [-0.4, -0.2) is 42.8 Å². The number of carbonyl (C=O) groups excluding carboxylic acids is 2. The summed E-state index contributed by atoms with van der Waals surface area (Å²) >= 11 is 0. The first-order valence-electron chi connectivity index (χ1n) is 12.6. The molecule has 0 radical (unpaired) electrons. The fourth-order valence-corrected chi connectivity index (χ4v) is 4.96. The van der Waals surface area contributed by atoms with Gasteiger partial charge in [0.2, 0.25) is 0 Å². The molecule has 0 aromatic heterocycles. The zero-order valence-corrected chi connectivity index (χ0v) is 21.9. The lowest BCUT2D eigenvalue weighted by atomic mass is 9.73. The van der Waals surface area contributed by atoms with Crippen molar-refractivity contribution in [1.82, 2.24) is 4.90 Å². The smallest absolute Gasteiger partial charge is 0.255 e. The number of piperidine rings is 1. The Morgan fingerprint density at radius 3 is 2.27 bits per heavy atom. The van der Waals surface area contributed by atoms with E-state index in [0.29, 0.717) is 41.4 Å². The minimum Gasteiger partial charge on any atom is -0.496 e. The number of anilines is 1. The molecule has 1 aliphatic rings. The summed E-state index contributed by atoms with van der Waals surface area (Å²) in [6.07, 6.45) is 1.42. The van der Waals surface area contributed by atoms with Crippen LogP contribution in [0.25, 0.3) is 11.1 Å². The van der Waals surface area contributed by atoms with Crippen LogP contribution < -0.4 is 10.1 Å². The number of nitriles is 1. The van der Waals surface area contributed by atoms with Gasteiger partial charge in [0.1, 0.15) is 5.75 Å². The van der Waals surface area contributed by atoms with Crippen LogP contribution in [-0.2, 0) is 5.41 Å². The molecule has 1 N–H and O–H groups in total. The highest BCUT2D eigenvalue weighted by molar-refractivity contribution is 6.04. The maximum absolute atomic E-state index is 13.1. The molecule has 3 aromatic rings. The summed E-state index contributed by atoms with van der Waals surface area (Å²) in [4.78, 5) is 27.1. The lowest BCUT2D eigenvalue weighted by molar-refractivity contribution is 0.101. The molecule has 3 aromatic carbocycles. The van der Waals surface area contributed by atoms with Crippen LogP contribution in [0.2, 0.25) is 0 Å². The monoisotopic (exact) mass is 495 g/mol. The van der Waals surface area contributed by atoms with Crippen molar-refractivity contribution in [2.45, 2.75) is 45.1 Å². The largest absolute Gasteiger partial charge is 0.496 e. The molecule has 1 fully saturated rings. The maximum atomic E-state index is 13.1. The number of rotatable bonds is 7. The van der Waals surface area contributed by atoms with Gasteiger partial charge in [0.15, 0.2) is 5.78 Å². The first kappa shape index (κ1) is 26.1. The van der Waals surface area contributed by atoms with Crippen molar-refractivity contribution in [3.63, 3.8) is 0 Å². The topological polar surface area (TPSA) is 82.4 Å². The summed E-state index contributed by atoms with van der Waals surface area (Å²) in [7, 11) is 1.61. The van der Waals surface area contributed by atoms with E-state index in [9.17, 15) is 14.9 Å². The second-order valence-electron chi connectivity index (χ2n) is 9.91. The van der Waals surface area contributed by atoms with Gasteiger partial charge in [-0.1, -0.05) is 30.3 Å². The molecule has 0 saturated carbocycles. The number of benzene rings is 3. The van der Waals surface area contributed by atoms with E-state index in [2.05, 4.69) is 30.1 Å². The Balaban J connectivity index is 1.54. The Bertz CT molecular complexity index is 1330. The molecule has 190 valence electrons. The van der Waals surface area contributed by atoms with E-state index in [-0.39, 0.29) is 11.7 Å². The number of methoxy groups -OCH3 is 1. The molecule has 0 atom stereocenters. The van der Waals surface area contributed by atoms with Gasteiger partial charge in [0, 0.05) is 41.5 Å². The number of Topliss-reactive ketones (excluding diaryl/α,β-unsaturated/α-hetero) is 1. The van der Waals surface area contributed by atoms with Crippen molar-refractivity contribution in [3.8, 4) is 22.9 Å². The Morgan fingerprint density at radius 2 is 1.68 bits per heavy atom. The van der Waals surface area contributed by atoms with Crippen molar-refractivity contribution in [2.75, 3.05) is 25.5 Å². The molecule has 6 heteroatoms. The quantitative estimate of drug-likeness (QED) is 0.402. The number of amides is 1. The van der Waals surface area contributed by atoms with Crippen LogP contribution in [0.5, 0.6) is 5.75 Å². The average Bonchev–Trinajstić information content (AvgIpc) is 2.93. The van der Waals surface area contributed by atoms with Gasteiger partial charge in [-0.15, -0.1) is 0 Å². The lowest BCUT2D eigenvalue weighted by Gasteiger charge is -2.40. The second kappa shape index (κ2) is 11.0. The Labute approximate surface area is 218 Å². The van der Waals surface area contributed by atoms with Crippen molar-refractivity contribution >= 4 is 17.4 Å². The highest BCUT2D eigenvalue weighted by Gasteiger charge is 2.39.